The molecule has 1 rings (SSSR count). The molecule has 0 saturated carbocycles. The third-order valence-electron chi connectivity index (χ3n) is 2.42. The van der Waals surface area contributed by atoms with Crippen molar-refractivity contribution in [3.63, 3.8) is 0 Å². The van der Waals surface area contributed by atoms with Crippen LogP contribution in [0, 0.1) is 0 Å². The predicted octanol–water partition coefficient (Wildman–Crippen LogP) is 2.90. The smallest absolute Gasteiger partial charge is 0.255 e. The van der Waals surface area contributed by atoms with Gasteiger partial charge < -0.3 is 10.6 Å². The summed E-state index contributed by atoms with van der Waals surface area (Å²) in [5.74, 6) is 0.0310. The van der Waals surface area contributed by atoms with Gasteiger partial charge in [-0.15, -0.1) is 0 Å². The number of halogens is 1. The van der Waals surface area contributed by atoms with Crippen LogP contribution in [0.15, 0.2) is 22.7 Å². The van der Waals surface area contributed by atoms with E-state index < -0.39 is 0 Å². The maximum absolute atomic E-state index is 12.2. The van der Waals surface area contributed by atoms with Gasteiger partial charge >= 0.3 is 0 Å². The number of rotatable bonds is 4. The lowest BCUT2D eigenvalue weighted by atomic mass is 10.1. The summed E-state index contributed by atoms with van der Waals surface area (Å²) in [5, 5.41) is 0. The van der Waals surface area contributed by atoms with Crippen molar-refractivity contribution in [1.82, 2.24) is 4.90 Å². The highest BCUT2D eigenvalue weighted by Gasteiger charge is 2.16. The molecule has 0 unspecified atom stereocenters. The van der Waals surface area contributed by atoms with Gasteiger partial charge in [-0.25, -0.2) is 0 Å². The predicted molar refractivity (Wildman–Crippen MR) is 70.4 cm³/mol. The van der Waals surface area contributed by atoms with Crippen molar-refractivity contribution in [2.75, 3.05) is 18.8 Å². The normalized spacial score (nSPS) is 10.2. The number of nitrogens with zero attached hydrogens (tertiary/aromatic N) is 1. The van der Waals surface area contributed by atoms with Crippen molar-refractivity contribution in [2.45, 2.75) is 20.3 Å². The first-order chi connectivity index (χ1) is 7.61. The number of hydrogen-bond donors (Lipinski definition) is 1. The third-order valence-corrected chi connectivity index (χ3v) is 3.31. The fourth-order valence-electron chi connectivity index (χ4n) is 1.56. The van der Waals surface area contributed by atoms with Gasteiger partial charge in [0.05, 0.1) is 10.0 Å². The molecule has 0 bridgehead atoms. The number of amides is 1. The van der Waals surface area contributed by atoms with Gasteiger partial charge in [-0.05, 0) is 41.4 Å². The minimum atomic E-state index is 0.0310. The van der Waals surface area contributed by atoms with E-state index in [1.165, 1.54) is 0 Å². The SMILES string of the molecule is CCCN(CC)C(=O)c1cccc(N)c1Br. The molecule has 0 heterocycles. The monoisotopic (exact) mass is 284 g/mol. The molecule has 0 aromatic heterocycles. The van der Waals surface area contributed by atoms with Crippen LogP contribution in [0.4, 0.5) is 5.69 Å². The van der Waals surface area contributed by atoms with Crippen molar-refractivity contribution < 1.29 is 4.79 Å². The summed E-state index contributed by atoms with van der Waals surface area (Å²) in [6.45, 7) is 5.53. The summed E-state index contributed by atoms with van der Waals surface area (Å²) in [6, 6.07) is 5.37. The Balaban J connectivity index is 2.99. The first kappa shape index (κ1) is 13.0. The molecule has 88 valence electrons. The fraction of sp³-hybridized carbons (Fsp3) is 0.417. The molecule has 0 spiro atoms. The molecule has 1 aromatic carbocycles. The van der Waals surface area contributed by atoms with Crippen molar-refractivity contribution in [3.05, 3.63) is 28.2 Å². The van der Waals surface area contributed by atoms with Crippen LogP contribution in [0.1, 0.15) is 30.6 Å². The Morgan fingerprint density at radius 1 is 1.44 bits per heavy atom. The molecule has 0 aliphatic carbocycles. The second-order valence-corrected chi connectivity index (χ2v) is 4.39. The number of benzene rings is 1. The Hall–Kier alpha value is -1.03. The zero-order valence-electron chi connectivity index (χ0n) is 9.66. The average molecular weight is 285 g/mol. The van der Waals surface area contributed by atoms with E-state index in [2.05, 4.69) is 22.9 Å². The molecule has 4 heteroatoms. The van der Waals surface area contributed by atoms with Crippen LogP contribution in [0.25, 0.3) is 0 Å². The van der Waals surface area contributed by atoms with E-state index in [1.807, 2.05) is 11.8 Å². The molecule has 0 aliphatic rings. The van der Waals surface area contributed by atoms with Crippen molar-refractivity contribution in [1.29, 1.82) is 0 Å². The molecule has 3 nitrogen and oxygen atoms in total. The van der Waals surface area contributed by atoms with Gasteiger partial charge in [0, 0.05) is 18.8 Å². The number of anilines is 1. The summed E-state index contributed by atoms with van der Waals surface area (Å²) in [4.78, 5) is 14.0. The fourth-order valence-corrected chi connectivity index (χ4v) is 1.99. The van der Waals surface area contributed by atoms with Crippen LogP contribution in [0.5, 0.6) is 0 Å². The van der Waals surface area contributed by atoms with Crippen LogP contribution in [-0.2, 0) is 0 Å². The molecular formula is C12H17BrN2O. The number of carbonyl (C=O) groups excluding carboxylic acids is 1. The van der Waals surface area contributed by atoms with E-state index in [0.717, 1.165) is 13.0 Å². The van der Waals surface area contributed by atoms with Gasteiger partial charge in [-0.1, -0.05) is 13.0 Å². The van der Waals surface area contributed by atoms with Gasteiger partial charge in [0.2, 0.25) is 0 Å². The Labute approximate surface area is 105 Å². The highest BCUT2D eigenvalue weighted by Crippen LogP contribution is 2.24. The minimum Gasteiger partial charge on any atom is -0.398 e. The maximum atomic E-state index is 12.2. The van der Waals surface area contributed by atoms with E-state index in [-0.39, 0.29) is 5.91 Å². The van der Waals surface area contributed by atoms with Crippen LogP contribution < -0.4 is 5.73 Å². The number of carbonyl (C=O) groups is 1. The van der Waals surface area contributed by atoms with Crippen molar-refractivity contribution >= 4 is 27.5 Å². The highest BCUT2D eigenvalue weighted by atomic mass is 79.9. The summed E-state index contributed by atoms with van der Waals surface area (Å²) in [7, 11) is 0. The van der Waals surface area contributed by atoms with Gasteiger partial charge in [-0.3, -0.25) is 4.79 Å². The second-order valence-electron chi connectivity index (χ2n) is 3.59. The molecule has 0 atom stereocenters. The molecule has 0 radical (unpaired) electrons. The van der Waals surface area contributed by atoms with Crippen LogP contribution in [0.2, 0.25) is 0 Å². The molecule has 1 aromatic rings. The van der Waals surface area contributed by atoms with E-state index >= 15 is 0 Å². The van der Waals surface area contributed by atoms with E-state index in [9.17, 15) is 4.79 Å². The zero-order valence-corrected chi connectivity index (χ0v) is 11.3. The first-order valence-corrected chi connectivity index (χ1v) is 6.24. The Kier molecular flexibility index (Phi) is 4.80. The van der Waals surface area contributed by atoms with Crippen LogP contribution in [0.3, 0.4) is 0 Å². The lowest BCUT2D eigenvalue weighted by Crippen LogP contribution is -2.31. The summed E-state index contributed by atoms with van der Waals surface area (Å²) < 4.78 is 0.689. The van der Waals surface area contributed by atoms with Crippen molar-refractivity contribution in [3.8, 4) is 0 Å². The number of hydrogen-bond acceptors (Lipinski definition) is 2. The quantitative estimate of drug-likeness (QED) is 0.865. The molecule has 16 heavy (non-hydrogen) atoms. The summed E-state index contributed by atoms with van der Waals surface area (Å²) in [5.41, 5.74) is 6.99. The van der Waals surface area contributed by atoms with Gasteiger partial charge in [-0.2, -0.15) is 0 Å². The second kappa shape index (κ2) is 5.89. The highest BCUT2D eigenvalue weighted by molar-refractivity contribution is 9.10. The Morgan fingerprint density at radius 3 is 2.69 bits per heavy atom. The third kappa shape index (κ3) is 2.76. The molecular weight excluding hydrogens is 268 g/mol. The molecule has 0 fully saturated rings. The summed E-state index contributed by atoms with van der Waals surface area (Å²) >= 11 is 3.36. The number of nitrogen functional groups attached to an aromatic ring is 1. The van der Waals surface area contributed by atoms with Crippen LogP contribution >= 0.6 is 15.9 Å². The topological polar surface area (TPSA) is 46.3 Å². The largest absolute Gasteiger partial charge is 0.398 e. The molecule has 0 aliphatic heterocycles. The average Bonchev–Trinajstić information content (AvgIpc) is 2.29. The van der Waals surface area contributed by atoms with Crippen LogP contribution in [-0.4, -0.2) is 23.9 Å². The van der Waals surface area contributed by atoms with E-state index in [0.29, 0.717) is 22.3 Å². The molecule has 1 amide bonds. The lowest BCUT2D eigenvalue weighted by molar-refractivity contribution is 0.0763. The van der Waals surface area contributed by atoms with E-state index in [4.69, 9.17) is 5.73 Å². The van der Waals surface area contributed by atoms with Gasteiger partial charge in [0.25, 0.3) is 5.91 Å². The Bertz CT molecular complexity index is 379. The van der Waals surface area contributed by atoms with Gasteiger partial charge in [0.15, 0.2) is 0 Å². The van der Waals surface area contributed by atoms with Gasteiger partial charge in [0.1, 0.15) is 0 Å². The zero-order chi connectivity index (χ0) is 12.1. The maximum Gasteiger partial charge on any atom is 0.255 e. The number of nitrogens with two attached hydrogens (primary N) is 1. The lowest BCUT2D eigenvalue weighted by Gasteiger charge is -2.21. The standard InChI is InChI=1S/C12H17BrN2O/c1-3-8-15(4-2)12(16)9-6-5-7-10(14)11(9)13/h5-7H,3-4,8,14H2,1-2H3. The summed E-state index contributed by atoms with van der Waals surface area (Å²) in [6.07, 6.45) is 0.958. The van der Waals surface area contributed by atoms with E-state index in [1.54, 1.807) is 18.2 Å². The molecule has 2 N–H and O–H groups in total. The molecule has 0 saturated heterocycles. The first-order valence-electron chi connectivity index (χ1n) is 5.45. The minimum absolute atomic E-state index is 0.0310. The van der Waals surface area contributed by atoms with Crippen molar-refractivity contribution in [2.24, 2.45) is 0 Å². The Morgan fingerprint density at radius 2 is 2.12 bits per heavy atom.